The van der Waals surface area contributed by atoms with Gasteiger partial charge in [-0.15, -0.1) is 0 Å². The molecule has 1 N–H and O–H groups in total. The van der Waals surface area contributed by atoms with Gasteiger partial charge in [-0.3, -0.25) is 0 Å². The zero-order valence-corrected chi connectivity index (χ0v) is 8.38. The number of halogens is 3. The maximum atomic E-state index is 12.7. The standard InChI is InChI=1S/C6H3Cl2FN2OS/c7-6(8,9)13(12)5-1-4(2-10)11-3-5/h1,3,11H. The summed E-state index contributed by atoms with van der Waals surface area (Å²) in [5, 5.41) is 8.40. The molecular formula is C6H3Cl2FN2OS. The Morgan fingerprint density at radius 2 is 2.31 bits per heavy atom. The van der Waals surface area contributed by atoms with Crippen molar-refractivity contribution < 1.29 is 8.60 Å². The first kappa shape index (κ1) is 10.5. The molecule has 1 atom stereocenters. The van der Waals surface area contributed by atoms with E-state index in [-0.39, 0.29) is 10.6 Å². The van der Waals surface area contributed by atoms with Crippen LogP contribution in [0.2, 0.25) is 0 Å². The van der Waals surface area contributed by atoms with Crippen LogP contribution in [0.15, 0.2) is 17.2 Å². The van der Waals surface area contributed by atoms with Crippen LogP contribution in [0.5, 0.6) is 0 Å². The predicted molar refractivity (Wildman–Crippen MR) is 47.5 cm³/mol. The number of alkyl halides is 3. The average Bonchev–Trinajstić information content (AvgIpc) is 2.48. The van der Waals surface area contributed by atoms with Gasteiger partial charge >= 0.3 is 3.92 Å². The molecule has 0 saturated heterocycles. The van der Waals surface area contributed by atoms with Crippen molar-refractivity contribution in [2.24, 2.45) is 0 Å². The van der Waals surface area contributed by atoms with E-state index in [1.54, 1.807) is 6.07 Å². The minimum absolute atomic E-state index is 0.0454. The second kappa shape index (κ2) is 3.66. The number of rotatable bonds is 2. The fraction of sp³-hybridized carbons (Fsp3) is 0.167. The molecule has 1 unspecified atom stereocenters. The lowest BCUT2D eigenvalue weighted by atomic mass is 10.5. The van der Waals surface area contributed by atoms with Gasteiger partial charge in [-0.05, 0) is 6.07 Å². The Kier molecular flexibility index (Phi) is 2.96. The minimum atomic E-state index is -2.84. The summed E-state index contributed by atoms with van der Waals surface area (Å²) >= 11 is 9.94. The van der Waals surface area contributed by atoms with Crippen molar-refractivity contribution in [2.45, 2.75) is 8.81 Å². The summed E-state index contributed by atoms with van der Waals surface area (Å²) in [4.78, 5) is 2.52. The van der Waals surface area contributed by atoms with Crippen LogP contribution in [-0.4, -0.2) is 13.1 Å². The Morgan fingerprint density at radius 1 is 1.69 bits per heavy atom. The average molecular weight is 241 g/mol. The number of hydrogen-bond donors (Lipinski definition) is 1. The molecule has 0 saturated carbocycles. The SMILES string of the molecule is N#Cc1cc(S(=O)C(F)(Cl)Cl)c[nH]1. The molecule has 13 heavy (non-hydrogen) atoms. The van der Waals surface area contributed by atoms with Gasteiger partial charge in [-0.1, -0.05) is 23.2 Å². The first-order valence-corrected chi connectivity index (χ1v) is 4.93. The Labute approximate surface area is 85.9 Å². The lowest BCUT2D eigenvalue weighted by Crippen LogP contribution is -2.12. The predicted octanol–water partition coefficient (Wildman–Crippen LogP) is 2.05. The molecule has 0 aliphatic carbocycles. The van der Waals surface area contributed by atoms with Crippen molar-refractivity contribution in [2.75, 3.05) is 0 Å². The van der Waals surface area contributed by atoms with Crippen molar-refractivity contribution in [3.63, 3.8) is 0 Å². The summed E-state index contributed by atoms with van der Waals surface area (Å²) in [6.45, 7) is 0. The van der Waals surface area contributed by atoms with Gasteiger partial charge in [-0.2, -0.15) is 9.65 Å². The second-order valence-corrected chi connectivity index (χ2v) is 5.33. The van der Waals surface area contributed by atoms with E-state index in [0.717, 1.165) is 0 Å². The van der Waals surface area contributed by atoms with E-state index in [1.807, 2.05) is 0 Å². The summed E-state index contributed by atoms with van der Waals surface area (Å²) in [6, 6.07) is 2.97. The number of nitrogens with zero attached hydrogens (tertiary/aromatic N) is 1. The van der Waals surface area contributed by atoms with E-state index in [0.29, 0.717) is 0 Å². The number of nitrogens with one attached hydrogen (secondary N) is 1. The van der Waals surface area contributed by atoms with Crippen LogP contribution in [0.1, 0.15) is 5.69 Å². The Morgan fingerprint density at radius 3 is 2.69 bits per heavy atom. The fourth-order valence-corrected chi connectivity index (χ4v) is 1.87. The van der Waals surface area contributed by atoms with Crippen LogP contribution in [0.4, 0.5) is 4.39 Å². The van der Waals surface area contributed by atoms with E-state index >= 15 is 0 Å². The van der Waals surface area contributed by atoms with E-state index < -0.39 is 14.7 Å². The Bertz CT molecular complexity index is 379. The summed E-state index contributed by atoms with van der Waals surface area (Å²) in [7, 11) is -2.20. The van der Waals surface area contributed by atoms with Crippen LogP contribution in [0.25, 0.3) is 0 Å². The number of aromatic nitrogens is 1. The maximum Gasteiger partial charge on any atom is 0.337 e. The van der Waals surface area contributed by atoms with Crippen molar-refractivity contribution in [1.82, 2.24) is 4.98 Å². The lowest BCUT2D eigenvalue weighted by Gasteiger charge is -2.05. The van der Waals surface area contributed by atoms with Crippen LogP contribution in [-0.2, 0) is 10.8 Å². The van der Waals surface area contributed by atoms with Gasteiger partial charge < -0.3 is 4.98 Å². The van der Waals surface area contributed by atoms with E-state index in [1.165, 1.54) is 12.3 Å². The number of aromatic amines is 1. The van der Waals surface area contributed by atoms with Crippen molar-refractivity contribution in [3.05, 3.63) is 18.0 Å². The largest absolute Gasteiger partial charge is 0.352 e. The maximum absolute atomic E-state index is 12.7. The first-order valence-electron chi connectivity index (χ1n) is 3.02. The highest BCUT2D eigenvalue weighted by molar-refractivity contribution is 7.89. The monoisotopic (exact) mass is 240 g/mol. The van der Waals surface area contributed by atoms with Crippen LogP contribution >= 0.6 is 23.2 Å². The normalized spacial score (nSPS) is 13.7. The van der Waals surface area contributed by atoms with E-state index in [9.17, 15) is 8.60 Å². The summed E-state index contributed by atoms with van der Waals surface area (Å²) < 4.78 is 21.0. The Hall–Kier alpha value is -0.570. The molecule has 1 heterocycles. The van der Waals surface area contributed by atoms with Crippen LogP contribution in [0, 0.1) is 11.3 Å². The van der Waals surface area contributed by atoms with Gasteiger partial charge in [-0.25, -0.2) is 4.21 Å². The highest BCUT2D eigenvalue weighted by Gasteiger charge is 2.33. The number of hydrogen-bond acceptors (Lipinski definition) is 2. The number of H-pyrrole nitrogens is 1. The molecule has 1 aromatic rings. The summed E-state index contributed by atoms with van der Waals surface area (Å²) in [5.74, 6) is 0. The molecular weight excluding hydrogens is 238 g/mol. The summed E-state index contributed by atoms with van der Waals surface area (Å²) in [5.41, 5.74) is 0.168. The fourth-order valence-electron chi connectivity index (χ4n) is 0.680. The second-order valence-electron chi connectivity index (χ2n) is 2.08. The van der Waals surface area contributed by atoms with Gasteiger partial charge in [0, 0.05) is 6.20 Å². The molecule has 0 fully saturated rings. The third-order valence-electron chi connectivity index (χ3n) is 1.20. The minimum Gasteiger partial charge on any atom is -0.352 e. The molecule has 3 nitrogen and oxygen atoms in total. The third kappa shape index (κ3) is 2.44. The highest BCUT2D eigenvalue weighted by atomic mass is 35.5. The molecule has 7 heteroatoms. The molecule has 70 valence electrons. The van der Waals surface area contributed by atoms with Gasteiger partial charge in [0.05, 0.1) is 4.90 Å². The molecule has 0 aliphatic heterocycles. The Balaban J connectivity index is 2.98. The van der Waals surface area contributed by atoms with E-state index in [2.05, 4.69) is 4.98 Å². The van der Waals surface area contributed by atoms with E-state index in [4.69, 9.17) is 28.5 Å². The van der Waals surface area contributed by atoms with Crippen LogP contribution < -0.4 is 0 Å². The third-order valence-corrected chi connectivity index (χ3v) is 3.13. The smallest absolute Gasteiger partial charge is 0.337 e. The molecule has 0 amide bonds. The van der Waals surface area contributed by atoms with Crippen molar-refractivity contribution in [3.8, 4) is 6.07 Å². The van der Waals surface area contributed by atoms with Gasteiger partial charge in [0.2, 0.25) is 0 Å². The van der Waals surface area contributed by atoms with Crippen molar-refractivity contribution >= 4 is 34.0 Å². The molecule has 0 aromatic carbocycles. The molecule has 1 rings (SSSR count). The highest BCUT2D eigenvalue weighted by Crippen LogP contribution is 2.31. The van der Waals surface area contributed by atoms with Crippen molar-refractivity contribution in [1.29, 1.82) is 5.26 Å². The zero-order chi connectivity index (χ0) is 10.1. The molecule has 0 radical (unpaired) electrons. The van der Waals surface area contributed by atoms with Gasteiger partial charge in [0.1, 0.15) is 22.6 Å². The summed E-state index contributed by atoms with van der Waals surface area (Å²) in [6.07, 6.45) is 1.22. The molecule has 0 spiro atoms. The molecule has 0 bridgehead atoms. The lowest BCUT2D eigenvalue weighted by molar-refractivity contribution is 0.497. The van der Waals surface area contributed by atoms with Crippen LogP contribution in [0.3, 0.4) is 0 Å². The molecule has 0 aliphatic rings. The molecule has 1 aromatic heterocycles. The first-order chi connectivity index (χ1) is 5.95. The number of nitriles is 1. The van der Waals surface area contributed by atoms with Gasteiger partial charge in [0.25, 0.3) is 0 Å². The van der Waals surface area contributed by atoms with Gasteiger partial charge in [0.15, 0.2) is 0 Å². The zero-order valence-electron chi connectivity index (χ0n) is 6.05. The topological polar surface area (TPSA) is 56.6 Å². The quantitative estimate of drug-likeness (QED) is 0.805.